The molecule has 29 heavy (non-hydrogen) atoms. The van der Waals surface area contributed by atoms with Crippen LogP contribution in [0.15, 0.2) is 23.7 Å². The van der Waals surface area contributed by atoms with Crippen molar-refractivity contribution >= 4 is 40.3 Å². The quantitative estimate of drug-likeness (QED) is 0.537. The van der Waals surface area contributed by atoms with E-state index in [4.69, 9.17) is 9.90 Å². The van der Waals surface area contributed by atoms with Crippen LogP contribution in [0.5, 0.6) is 0 Å². The molecule has 1 amide bonds. The number of alkyl halides is 6. The summed E-state index contributed by atoms with van der Waals surface area (Å²) in [5.74, 6) is -5.14. The van der Waals surface area contributed by atoms with E-state index >= 15 is 0 Å². The van der Waals surface area contributed by atoms with Crippen LogP contribution in [0.2, 0.25) is 0 Å². The van der Waals surface area contributed by atoms with Gasteiger partial charge in [0.15, 0.2) is 0 Å². The van der Waals surface area contributed by atoms with E-state index in [0.717, 1.165) is 11.1 Å². The van der Waals surface area contributed by atoms with Crippen molar-refractivity contribution in [1.29, 1.82) is 0 Å². The maximum Gasteiger partial charge on any atom is 0.490 e. The molecule has 0 saturated heterocycles. The first kappa shape index (κ1) is 24.6. The molecule has 2 aromatic rings. The van der Waals surface area contributed by atoms with E-state index in [1.165, 1.54) is 22.3 Å². The van der Waals surface area contributed by atoms with Crippen molar-refractivity contribution in [3.63, 3.8) is 0 Å². The Bertz CT molecular complexity index is 861. The third-order valence-electron chi connectivity index (χ3n) is 3.25. The lowest BCUT2D eigenvalue weighted by Crippen LogP contribution is -2.29. The van der Waals surface area contributed by atoms with E-state index in [1.807, 2.05) is 0 Å². The number of ketones is 1. The van der Waals surface area contributed by atoms with Gasteiger partial charge in [0.25, 0.3) is 11.7 Å². The summed E-state index contributed by atoms with van der Waals surface area (Å²) < 4.78 is 68.9. The van der Waals surface area contributed by atoms with Crippen LogP contribution in [0, 0.1) is 0 Å². The molecule has 1 unspecified atom stereocenters. The summed E-state index contributed by atoms with van der Waals surface area (Å²) in [6, 6.07) is 1.95. The smallest absolute Gasteiger partial charge is 0.475 e. The van der Waals surface area contributed by atoms with Gasteiger partial charge in [-0.15, -0.1) is 22.7 Å². The number of thiophene rings is 1. The molecule has 14 heteroatoms. The molecule has 2 heterocycles. The van der Waals surface area contributed by atoms with Crippen molar-refractivity contribution in [1.82, 2.24) is 9.88 Å². The predicted octanol–water partition coefficient (Wildman–Crippen LogP) is 4.42. The molecular formula is C15H12F6N2O4S2. The average molecular weight is 462 g/mol. The number of carboxylic acid groups (broad SMARTS) is 1. The summed E-state index contributed by atoms with van der Waals surface area (Å²) in [4.78, 5) is 37.4. The van der Waals surface area contributed by atoms with E-state index in [9.17, 15) is 35.9 Å². The highest BCUT2D eigenvalue weighted by Gasteiger charge is 2.40. The number of Topliss-reactive ketones (excluding diaryl/α,β-unsaturated/α-hetero) is 1. The Kier molecular flexibility index (Phi) is 7.91. The molecule has 1 N–H and O–H groups in total. The summed E-state index contributed by atoms with van der Waals surface area (Å²) in [7, 11) is 1.54. The second-order valence-corrected chi connectivity index (χ2v) is 7.27. The van der Waals surface area contributed by atoms with Crippen LogP contribution in [-0.2, 0) is 4.79 Å². The molecule has 1 atom stereocenters. The largest absolute Gasteiger partial charge is 0.490 e. The second kappa shape index (κ2) is 9.35. The standard InChI is InChI=1S/C13H11F3N2O2S2.C2HF3O2/c1-7(11-17-5-6-21-11)18(2)12(20)9-4-3-8(22-9)10(19)13(14,15)16;3-2(4,5)1(6)7/h3-7H,1-2H3;(H,6,7). The first-order valence-corrected chi connectivity index (χ1v) is 9.03. The highest BCUT2D eigenvalue weighted by atomic mass is 32.1. The lowest BCUT2D eigenvalue weighted by molar-refractivity contribution is -0.192. The third-order valence-corrected chi connectivity index (χ3v) is 5.27. The van der Waals surface area contributed by atoms with Crippen molar-refractivity contribution in [2.45, 2.75) is 25.3 Å². The maximum absolute atomic E-state index is 12.4. The van der Waals surface area contributed by atoms with E-state index < -0.39 is 34.9 Å². The Balaban J connectivity index is 0.000000516. The summed E-state index contributed by atoms with van der Waals surface area (Å²) in [5, 5.41) is 9.62. The lowest BCUT2D eigenvalue weighted by atomic mass is 10.3. The van der Waals surface area contributed by atoms with Crippen LogP contribution < -0.4 is 0 Å². The SMILES string of the molecule is CC(c1nccs1)N(C)C(=O)c1ccc(C(=O)C(F)(F)F)s1.O=C(O)C(F)(F)F. The van der Waals surface area contributed by atoms with Gasteiger partial charge < -0.3 is 10.0 Å². The molecule has 0 bridgehead atoms. The fraction of sp³-hybridized carbons (Fsp3) is 0.333. The zero-order valence-electron chi connectivity index (χ0n) is 14.5. The number of hydrogen-bond donors (Lipinski definition) is 1. The van der Waals surface area contributed by atoms with E-state index in [0.29, 0.717) is 11.3 Å². The molecule has 0 fully saturated rings. The highest BCUT2D eigenvalue weighted by molar-refractivity contribution is 7.16. The fourth-order valence-electron chi connectivity index (χ4n) is 1.67. The number of aliphatic carboxylic acids is 1. The molecule has 0 radical (unpaired) electrons. The van der Waals surface area contributed by atoms with Crippen molar-refractivity contribution < 1.29 is 45.8 Å². The van der Waals surface area contributed by atoms with Gasteiger partial charge in [-0.3, -0.25) is 9.59 Å². The van der Waals surface area contributed by atoms with Gasteiger partial charge in [-0.2, -0.15) is 26.3 Å². The minimum absolute atomic E-state index is 0.0820. The van der Waals surface area contributed by atoms with Crippen LogP contribution >= 0.6 is 22.7 Å². The average Bonchev–Trinajstić information content (AvgIpc) is 3.29. The first-order chi connectivity index (χ1) is 13.2. The molecule has 0 aromatic carbocycles. The summed E-state index contributed by atoms with van der Waals surface area (Å²) in [6.07, 6.45) is -8.41. The molecule has 0 aliphatic carbocycles. The van der Waals surface area contributed by atoms with Crippen molar-refractivity contribution in [2.75, 3.05) is 7.05 Å². The van der Waals surface area contributed by atoms with Gasteiger partial charge >= 0.3 is 18.3 Å². The molecular weight excluding hydrogens is 450 g/mol. The van der Waals surface area contributed by atoms with Gasteiger partial charge in [0.2, 0.25) is 0 Å². The first-order valence-electron chi connectivity index (χ1n) is 7.34. The van der Waals surface area contributed by atoms with Gasteiger partial charge in [-0.25, -0.2) is 9.78 Å². The molecule has 160 valence electrons. The number of carbonyl (C=O) groups is 3. The number of carboxylic acids is 1. The maximum atomic E-state index is 12.4. The van der Waals surface area contributed by atoms with Gasteiger partial charge in [0.05, 0.1) is 15.8 Å². The van der Waals surface area contributed by atoms with Crippen LogP contribution in [-0.4, -0.2) is 52.1 Å². The Morgan fingerprint density at radius 2 is 1.59 bits per heavy atom. The van der Waals surface area contributed by atoms with E-state index in [1.54, 1.807) is 25.5 Å². The minimum atomic E-state index is -5.08. The Hall–Kier alpha value is -2.48. The number of hydrogen-bond acceptors (Lipinski definition) is 6. The Labute approximate surface area is 167 Å². The van der Waals surface area contributed by atoms with Gasteiger partial charge in [-0.05, 0) is 19.1 Å². The number of aromatic nitrogens is 1. The third kappa shape index (κ3) is 6.81. The number of amides is 1. The van der Waals surface area contributed by atoms with Gasteiger partial charge in [-0.1, -0.05) is 0 Å². The van der Waals surface area contributed by atoms with E-state index in [-0.39, 0.29) is 10.9 Å². The monoisotopic (exact) mass is 462 g/mol. The Morgan fingerprint density at radius 1 is 1.07 bits per heavy atom. The van der Waals surface area contributed by atoms with Crippen LogP contribution in [0.1, 0.15) is 37.3 Å². The van der Waals surface area contributed by atoms with Gasteiger partial charge in [0.1, 0.15) is 5.01 Å². The summed E-state index contributed by atoms with van der Waals surface area (Å²) in [5.41, 5.74) is 0. The number of rotatable bonds is 4. The zero-order chi connectivity index (χ0) is 22.6. The van der Waals surface area contributed by atoms with Crippen LogP contribution in [0.4, 0.5) is 26.3 Å². The van der Waals surface area contributed by atoms with E-state index in [2.05, 4.69) is 4.98 Å². The minimum Gasteiger partial charge on any atom is -0.475 e. The number of thiazole rings is 1. The number of carbonyl (C=O) groups excluding carboxylic acids is 2. The van der Waals surface area contributed by atoms with Gasteiger partial charge in [0, 0.05) is 18.6 Å². The molecule has 0 saturated carbocycles. The molecule has 2 aromatic heterocycles. The summed E-state index contributed by atoms with van der Waals surface area (Å²) >= 11 is 1.92. The summed E-state index contributed by atoms with van der Waals surface area (Å²) in [6.45, 7) is 1.77. The zero-order valence-corrected chi connectivity index (χ0v) is 16.2. The fourth-order valence-corrected chi connectivity index (χ4v) is 3.36. The molecule has 0 spiro atoms. The molecule has 6 nitrogen and oxygen atoms in total. The molecule has 0 aliphatic heterocycles. The topological polar surface area (TPSA) is 87.6 Å². The van der Waals surface area contributed by atoms with Crippen LogP contribution in [0.25, 0.3) is 0 Å². The second-order valence-electron chi connectivity index (χ2n) is 5.26. The predicted molar refractivity (Wildman–Crippen MR) is 91.0 cm³/mol. The Morgan fingerprint density at radius 3 is 2.00 bits per heavy atom. The normalized spacial score (nSPS) is 12.6. The molecule has 0 aliphatic rings. The van der Waals surface area contributed by atoms with Crippen molar-refractivity contribution in [3.8, 4) is 0 Å². The van der Waals surface area contributed by atoms with Crippen molar-refractivity contribution in [3.05, 3.63) is 38.5 Å². The number of halogens is 6. The van der Waals surface area contributed by atoms with Crippen LogP contribution in [0.3, 0.4) is 0 Å². The molecule has 2 rings (SSSR count). The number of nitrogens with zero attached hydrogens (tertiary/aromatic N) is 2. The highest BCUT2D eigenvalue weighted by Crippen LogP contribution is 2.29. The van der Waals surface area contributed by atoms with Crippen molar-refractivity contribution in [2.24, 2.45) is 0 Å². The lowest BCUT2D eigenvalue weighted by Gasteiger charge is -2.22.